The van der Waals surface area contributed by atoms with Crippen molar-refractivity contribution in [2.45, 2.75) is 39.2 Å². The first-order valence-corrected chi connectivity index (χ1v) is 5.56. The van der Waals surface area contributed by atoms with E-state index in [9.17, 15) is 0 Å². The van der Waals surface area contributed by atoms with Gasteiger partial charge in [0.25, 0.3) is 0 Å². The number of hydrogen-bond donors (Lipinski definition) is 1. The number of nitrogens with one attached hydrogen (secondary N) is 1. The predicted octanol–water partition coefficient (Wildman–Crippen LogP) is 2.00. The summed E-state index contributed by atoms with van der Waals surface area (Å²) in [5.74, 6) is 0.872. The van der Waals surface area contributed by atoms with Crippen molar-refractivity contribution in [1.82, 2.24) is 10.2 Å². The molecule has 2 nitrogen and oxygen atoms in total. The molecule has 1 aliphatic rings. The molecule has 1 saturated carbocycles. The summed E-state index contributed by atoms with van der Waals surface area (Å²) in [5, 5.41) is 4.10. The highest BCUT2D eigenvalue weighted by Gasteiger charge is 2.25. The van der Waals surface area contributed by atoms with Gasteiger partial charge in [-0.15, -0.1) is 0 Å². The first kappa shape index (κ1) is 10.8. The SMILES string of the molecule is CCNC(=S)N(C)C1CCC(C)C1. The van der Waals surface area contributed by atoms with Crippen LogP contribution >= 0.6 is 12.2 Å². The van der Waals surface area contributed by atoms with Crippen molar-refractivity contribution in [3.63, 3.8) is 0 Å². The van der Waals surface area contributed by atoms with Crippen LogP contribution in [0.1, 0.15) is 33.1 Å². The van der Waals surface area contributed by atoms with E-state index < -0.39 is 0 Å². The van der Waals surface area contributed by atoms with Gasteiger partial charge in [0.1, 0.15) is 0 Å². The van der Waals surface area contributed by atoms with Crippen molar-refractivity contribution in [2.75, 3.05) is 13.6 Å². The monoisotopic (exact) mass is 200 g/mol. The second kappa shape index (κ2) is 4.80. The van der Waals surface area contributed by atoms with E-state index >= 15 is 0 Å². The van der Waals surface area contributed by atoms with Gasteiger partial charge in [-0.1, -0.05) is 6.92 Å². The van der Waals surface area contributed by atoms with Crippen LogP contribution in [-0.2, 0) is 0 Å². The third kappa shape index (κ3) is 2.83. The van der Waals surface area contributed by atoms with Crippen LogP contribution in [0.2, 0.25) is 0 Å². The molecule has 1 N–H and O–H groups in total. The number of rotatable bonds is 2. The fourth-order valence-corrected chi connectivity index (χ4v) is 2.26. The van der Waals surface area contributed by atoms with Crippen molar-refractivity contribution in [3.8, 4) is 0 Å². The molecule has 1 aliphatic carbocycles. The molecule has 13 heavy (non-hydrogen) atoms. The molecule has 2 atom stereocenters. The lowest BCUT2D eigenvalue weighted by Crippen LogP contribution is -2.42. The topological polar surface area (TPSA) is 15.3 Å². The second-order valence-electron chi connectivity index (χ2n) is 4.02. The Morgan fingerprint density at radius 1 is 1.54 bits per heavy atom. The van der Waals surface area contributed by atoms with Crippen LogP contribution in [0, 0.1) is 5.92 Å². The average molecular weight is 200 g/mol. The van der Waals surface area contributed by atoms with E-state index in [0.29, 0.717) is 6.04 Å². The highest BCUT2D eigenvalue weighted by Crippen LogP contribution is 2.27. The summed E-state index contributed by atoms with van der Waals surface area (Å²) >= 11 is 5.27. The van der Waals surface area contributed by atoms with E-state index in [2.05, 4.69) is 31.1 Å². The summed E-state index contributed by atoms with van der Waals surface area (Å²) in [5.41, 5.74) is 0. The van der Waals surface area contributed by atoms with E-state index in [1.165, 1.54) is 19.3 Å². The molecule has 1 fully saturated rings. The van der Waals surface area contributed by atoms with Gasteiger partial charge in [0.2, 0.25) is 0 Å². The first-order valence-electron chi connectivity index (χ1n) is 5.15. The summed E-state index contributed by atoms with van der Waals surface area (Å²) in [6.07, 6.45) is 3.94. The molecule has 0 aromatic heterocycles. The molecule has 0 bridgehead atoms. The van der Waals surface area contributed by atoms with E-state index in [1.807, 2.05) is 0 Å². The highest BCUT2D eigenvalue weighted by atomic mass is 32.1. The second-order valence-corrected chi connectivity index (χ2v) is 4.41. The number of thiocarbonyl (C=S) groups is 1. The van der Waals surface area contributed by atoms with Gasteiger partial charge in [0, 0.05) is 19.6 Å². The normalized spacial score (nSPS) is 27.3. The lowest BCUT2D eigenvalue weighted by molar-refractivity contribution is 0.358. The van der Waals surface area contributed by atoms with Gasteiger partial charge in [-0.3, -0.25) is 0 Å². The van der Waals surface area contributed by atoms with Gasteiger partial charge in [0.05, 0.1) is 0 Å². The molecule has 1 rings (SSSR count). The fraction of sp³-hybridized carbons (Fsp3) is 0.900. The van der Waals surface area contributed by atoms with Gasteiger partial charge >= 0.3 is 0 Å². The molecule has 2 unspecified atom stereocenters. The molecule has 0 radical (unpaired) electrons. The minimum atomic E-state index is 0.668. The Morgan fingerprint density at radius 3 is 2.69 bits per heavy atom. The van der Waals surface area contributed by atoms with Crippen LogP contribution in [0.5, 0.6) is 0 Å². The minimum absolute atomic E-state index is 0.668. The third-order valence-electron chi connectivity index (χ3n) is 2.86. The van der Waals surface area contributed by atoms with Gasteiger partial charge in [0.15, 0.2) is 5.11 Å². The molecule has 0 heterocycles. The maximum absolute atomic E-state index is 5.27. The molecule has 0 saturated heterocycles. The largest absolute Gasteiger partial charge is 0.363 e. The maximum Gasteiger partial charge on any atom is 0.168 e. The summed E-state index contributed by atoms with van der Waals surface area (Å²) in [6, 6.07) is 0.668. The molecule has 0 aromatic rings. The summed E-state index contributed by atoms with van der Waals surface area (Å²) in [7, 11) is 2.10. The molecule has 0 amide bonds. The van der Waals surface area contributed by atoms with Gasteiger partial charge in [-0.25, -0.2) is 0 Å². The molecule has 0 spiro atoms. The third-order valence-corrected chi connectivity index (χ3v) is 3.30. The van der Waals surface area contributed by atoms with Crippen LogP contribution in [-0.4, -0.2) is 29.6 Å². The van der Waals surface area contributed by atoms with Crippen LogP contribution in [0.3, 0.4) is 0 Å². The Labute approximate surface area is 86.7 Å². The van der Waals surface area contributed by atoms with E-state index in [-0.39, 0.29) is 0 Å². The molecule has 3 heteroatoms. The standard InChI is InChI=1S/C10H20N2S/c1-4-11-10(13)12(3)9-6-5-8(2)7-9/h8-9H,4-7H2,1-3H3,(H,11,13). The highest BCUT2D eigenvalue weighted by molar-refractivity contribution is 7.80. The molecular weight excluding hydrogens is 180 g/mol. The Hall–Kier alpha value is -0.310. The zero-order chi connectivity index (χ0) is 9.84. The van der Waals surface area contributed by atoms with E-state index in [0.717, 1.165) is 17.6 Å². The van der Waals surface area contributed by atoms with Crippen molar-refractivity contribution in [1.29, 1.82) is 0 Å². The maximum atomic E-state index is 5.27. The van der Waals surface area contributed by atoms with Gasteiger partial charge < -0.3 is 10.2 Å². The summed E-state index contributed by atoms with van der Waals surface area (Å²) in [4.78, 5) is 2.22. The summed E-state index contributed by atoms with van der Waals surface area (Å²) in [6.45, 7) is 5.33. The molecule has 0 aliphatic heterocycles. The quantitative estimate of drug-likeness (QED) is 0.686. The molecular formula is C10H20N2S. The lowest BCUT2D eigenvalue weighted by Gasteiger charge is -2.27. The van der Waals surface area contributed by atoms with Gasteiger partial charge in [-0.05, 0) is 44.3 Å². The fourth-order valence-electron chi connectivity index (χ4n) is 1.97. The first-order chi connectivity index (χ1) is 6.15. The van der Waals surface area contributed by atoms with Crippen molar-refractivity contribution in [3.05, 3.63) is 0 Å². The Bertz CT molecular complexity index is 182. The zero-order valence-electron chi connectivity index (χ0n) is 8.84. The van der Waals surface area contributed by atoms with E-state index in [1.54, 1.807) is 0 Å². The number of hydrogen-bond acceptors (Lipinski definition) is 1. The molecule has 76 valence electrons. The summed E-state index contributed by atoms with van der Waals surface area (Å²) < 4.78 is 0. The lowest BCUT2D eigenvalue weighted by atomic mass is 10.1. The smallest absolute Gasteiger partial charge is 0.168 e. The Morgan fingerprint density at radius 2 is 2.23 bits per heavy atom. The van der Waals surface area contributed by atoms with Crippen molar-refractivity contribution >= 4 is 17.3 Å². The van der Waals surface area contributed by atoms with Crippen LogP contribution in [0.4, 0.5) is 0 Å². The predicted molar refractivity (Wildman–Crippen MR) is 60.8 cm³/mol. The minimum Gasteiger partial charge on any atom is -0.363 e. The van der Waals surface area contributed by atoms with Crippen LogP contribution in [0.15, 0.2) is 0 Å². The van der Waals surface area contributed by atoms with Crippen molar-refractivity contribution < 1.29 is 0 Å². The van der Waals surface area contributed by atoms with Gasteiger partial charge in [-0.2, -0.15) is 0 Å². The zero-order valence-corrected chi connectivity index (χ0v) is 9.66. The molecule has 0 aromatic carbocycles. The number of nitrogens with zero attached hydrogens (tertiary/aromatic N) is 1. The van der Waals surface area contributed by atoms with Crippen LogP contribution < -0.4 is 5.32 Å². The Kier molecular flexibility index (Phi) is 3.97. The van der Waals surface area contributed by atoms with E-state index in [4.69, 9.17) is 12.2 Å². The van der Waals surface area contributed by atoms with Crippen LogP contribution in [0.25, 0.3) is 0 Å². The van der Waals surface area contributed by atoms with Crippen molar-refractivity contribution in [2.24, 2.45) is 5.92 Å². The average Bonchev–Trinajstić information content (AvgIpc) is 2.51. The Balaban J connectivity index is 2.38.